The summed E-state index contributed by atoms with van der Waals surface area (Å²) in [6.07, 6.45) is -2.85. The SMILES string of the molecule is Cc1cc(C)n2ncc(C(=O)N3CCN(c4cccc(C(F)(F)F)c4)CC3)c2n1. The molecule has 0 spiro atoms. The number of alkyl halides is 3. The molecule has 0 N–H and O–H groups in total. The van der Waals surface area contributed by atoms with E-state index in [0.29, 0.717) is 43.1 Å². The van der Waals surface area contributed by atoms with Crippen LogP contribution in [0, 0.1) is 13.8 Å². The monoisotopic (exact) mass is 403 g/mol. The van der Waals surface area contributed by atoms with Crippen LogP contribution < -0.4 is 4.90 Å². The molecule has 2 aromatic heterocycles. The fourth-order valence-corrected chi connectivity index (χ4v) is 3.64. The Hall–Kier alpha value is -3.10. The van der Waals surface area contributed by atoms with Crippen LogP contribution in [0.5, 0.6) is 0 Å². The maximum absolute atomic E-state index is 13.0. The topological polar surface area (TPSA) is 53.7 Å². The highest BCUT2D eigenvalue weighted by Crippen LogP contribution is 2.32. The smallest absolute Gasteiger partial charge is 0.368 e. The Balaban J connectivity index is 1.50. The highest BCUT2D eigenvalue weighted by molar-refractivity contribution is 5.99. The lowest BCUT2D eigenvalue weighted by Gasteiger charge is -2.36. The van der Waals surface area contributed by atoms with Crippen molar-refractivity contribution in [3.8, 4) is 0 Å². The molecule has 1 fully saturated rings. The van der Waals surface area contributed by atoms with Gasteiger partial charge in [-0.25, -0.2) is 9.50 Å². The van der Waals surface area contributed by atoms with Crippen LogP contribution in [0.15, 0.2) is 36.5 Å². The van der Waals surface area contributed by atoms with Crippen molar-refractivity contribution in [2.75, 3.05) is 31.1 Å². The third-order valence-electron chi connectivity index (χ3n) is 5.11. The maximum Gasteiger partial charge on any atom is 0.416 e. The second-order valence-electron chi connectivity index (χ2n) is 7.16. The number of hydrogen-bond acceptors (Lipinski definition) is 4. The Morgan fingerprint density at radius 2 is 1.79 bits per heavy atom. The number of halogens is 3. The number of hydrogen-bond donors (Lipinski definition) is 0. The van der Waals surface area contributed by atoms with E-state index in [4.69, 9.17) is 0 Å². The van der Waals surface area contributed by atoms with Crippen LogP contribution in [0.25, 0.3) is 5.65 Å². The number of nitrogens with zero attached hydrogens (tertiary/aromatic N) is 5. The van der Waals surface area contributed by atoms with E-state index in [1.54, 1.807) is 15.5 Å². The summed E-state index contributed by atoms with van der Waals surface area (Å²) >= 11 is 0. The minimum atomic E-state index is -4.37. The van der Waals surface area contributed by atoms with E-state index in [1.807, 2.05) is 24.8 Å². The number of benzene rings is 1. The zero-order valence-electron chi connectivity index (χ0n) is 16.1. The number of carbonyl (C=O) groups is 1. The maximum atomic E-state index is 13.0. The molecule has 1 aliphatic rings. The molecule has 3 aromatic rings. The fraction of sp³-hybridized carbons (Fsp3) is 0.350. The highest BCUT2D eigenvalue weighted by Gasteiger charge is 2.31. The standard InChI is InChI=1S/C20H20F3N5O/c1-13-10-14(2)28-18(25-13)17(12-24-28)19(29)27-8-6-26(7-9-27)16-5-3-4-15(11-16)20(21,22)23/h3-5,10-12H,6-9H2,1-2H3. The summed E-state index contributed by atoms with van der Waals surface area (Å²) in [5, 5.41) is 4.26. The first kappa shape index (κ1) is 19.2. The number of anilines is 1. The van der Waals surface area contributed by atoms with Crippen molar-refractivity contribution in [1.29, 1.82) is 0 Å². The first-order valence-corrected chi connectivity index (χ1v) is 9.27. The lowest BCUT2D eigenvalue weighted by atomic mass is 10.1. The van der Waals surface area contributed by atoms with Gasteiger partial charge in [-0.2, -0.15) is 18.3 Å². The normalized spacial score (nSPS) is 15.2. The molecule has 1 saturated heterocycles. The van der Waals surface area contributed by atoms with Gasteiger partial charge in [0.2, 0.25) is 0 Å². The van der Waals surface area contributed by atoms with Gasteiger partial charge < -0.3 is 9.80 Å². The number of rotatable bonds is 2. The molecule has 6 nitrogen and oxygen atoms in total. The molecule has 29 heavy (non-hydrogen) atoms. The molecule has 1 amide bonds. The number of amides is 1. The molecular formula is C20H20F3N5O. The number of aromatic nitrogens is 3. The van der Waals surface area contributed by atoms with Crippen LogP contribution in [-0.4, -0.2) is 51.6 Å². The summed E-state index contributed by atoms with van der Waals surface area (Å²) in [6.45, 7) is 5.50. The summed E-state index contributed by atoms with van der Waals surface area (Å²) in [5.74, 6) is -0.166. The van der Waals surface area contributed by atoms with E-state index in [2.05, 4.69) is 10.1 Å². The molecule has 3 heterocycles. The van der Waals surface area contributed by atoms with E-state index in [9.17, 15) is 18.0 Å². The second-order valence-corrected chi connectivity index (χ2v) is 7.16. The van der Waals surface area contributed by atoms with Crippen molar-refractivity contribution in [2.45, 2.75) is 20.0 Å². The van der Waals surface area contributed by atoms with Gasteiger partial charge in [0.25, 0.3) is 5.91 Å². The first-order chi connectivity index (χ1) is 13.7. The molecule has 1 aliphatic heterocycles. The van der Waals surface area contributed by atoms with Crippen LogP contribution >= 0.6 is 0 Å². The van der Waals surface area contributed by atoms with E-state index >= 15 is 0 Å². The van der Waals surface area contributed by atoms with E-state index < -0.39 is 11.7 Å². The second kappa shape index (κ2) is 7.06. The van der Waals surface area contributed by atoms with Crippen LogP contribution in [0.2, 0.25) is 0 Å². The average molecular weight is 403 g/mol. The Kier molecular flexibility index (Phi) is 4.68. The molecule has 0 atom stereocenters. The molecule has 0 unspecified atom stereocenters. The molecule has 9 heteroatoms. The predicted molar refractivity (Wildman–Crippen MR) is 102 cm³/mol. The average Bonchev–Trinajstić information content (AvgIpc) is 3.11. The first-order valence-electron chi connectivity index (χ1n) is 9.27. The van der Waals surface area contributed by atoms with Gasteiger partial charge in [0.1, 0.15) is 5.56 Å². The summed E-state index contributed by atoms with van der Waals surface area (Å²) < 4.78 is 40.5. The van der Waals surface area contributed by atoms with Gasteiger partial charge in [-0.1, -0.05) is 6.07 Å². The van der Waals surface area contributed by atoms with Gasteiger partial charge in [0.15, 0.2) is 5.65 Å². The minimum Gasteiger partial charge on any atom is -0.368 e. The van der Waals surface area contributed by atoms with Gasteiger partial charge in [0.05, 0.1) is 11.8 Å². The summed E-state index contributed by atoms with van der Waals surface area (Å²) in [7, 11) is 0. The lowest BCUT2D eigenvalue weighted by molar-refractivity contribution is -0.137. The molecule has 0 bridgehead atoms. The molecular weight excluding hydrogens is 383 g/mol. The molecule has 0 aliphatic carbocycles. The molecule has 0 saturated carbocycles. The Morgan fingerprint density at radius 1 is 1.07 bits per heavy atom. The van der Waals surface area contributed by atoms with Crippen molar-refractivity contribution in [1.82, 2.24) is 19.5 Å². The van der Waals surface area contributed by atoms with Crippen LogP contribution in [0.1, 0.15) is 27.3 Å². The fourth-order valence-electron chi connectivity index (χ4n) is 3.64. The van der Waals surface area contributed by atoms with E-state index in [1.165, 1.54) is 12.3 Å². The Morgan fingerprint density at radius 3 is 2.48 bits per heavy atom. The summed E-state index contributed by atoms with van der Waals surface area (Å²) in [6, 6.07) is 7.17. The number of piperazine rings is 1. The van der Waals surface area contributed by atoms with E-state index in [-0.39, 0.29) is 5.91 Å². The van der Waals surface area contributed by atoms with Gasteiger partial charge >= 0.3 is 6.18 Å². The third-order valence-corrected chi connectivity index (χ3v) is 5.11. The molecule has 0 radical (unpaired) electrons. The van der Waals surface area contributed by atoms with Crippen molar-refractivity contribution >= 4 is 17.2 Å². The zero-order chi connectivity index (χ0) is 20.8. The quantitative estimate of drug-likeness (QED) is 0.659. The zero-order valence-corrected chi connectivity index (χ0v) is 16.1. The van der Waals surface area contributed by atoms with Crippen LogP contribution in [0.3, 0.4) is 0 Å². The number of fused-ring (bicyclic) bond motifs is 1. The highest BCUT2D eigenvalue weighted by atomic mass is 19.4. The van der Waals surface area contributed by atoms with Gasteiger partial charge in [-0.05, 0) is 38.1 Å². The van der Waals surface area contributed by atoms with Crippen molar-refractivity contribution in [3.05, 3.63) is 59.0 Å². The largest absolute Gasteiger partial charge is 0.416 e. The third kappa shape index (κ3) is 3.64. The van der Waals surface area contributed by atoms with Crippen molar-refractivity contribution in [2.24, 2.45) is 0 Å². The predicted octanol–water partition coefficient (Wildman–Crippen LogP) is 3.33. The Bertz CT molecular complexity index is 1070. The lowest BCUT2D eigenvalue weighted by Crippen LogP contribution is -2.48. The minimum absolute atomic E-state index is 0.166. The van der Waals surface area contributed by atoms with Gasteiger partial charge in [-0.15, -0.1) is 0 Å². The Labute approximate surface area is 165 Å². The van der Waals surface area contributed by atoms with Gasteiger partial charge in [-0.3, -0.25) is 4.79 Å². The van der Waals surface area contributed by atoms with Crippen LogP contribution in [-0.2, 0) is 6.18 Å². The van der Waals surface area contributed by atoms with Crippen LogP contribution in [0.4, 0.5) is 18.9 Å². The van der Waals surface area contributed by atoms with Crippen molar-refractivity contribution < 1.29 is 18.0 Å². The number of aryl methyl sites for hydroxylation is 2. The molecule has 1 aromatic carbocycles. The summed E-state index contributed by atoms with van der Waals surface area (Å²) in [4.78, 5) is 21.0. The molecule has 4 rings (SSSR count). The van der Waals surface area contributed by atoms with Crippen molar-refractivity contribution in [3.63, 3.8) is 0 Å². The van der Waals surface area contributed by atoms with Gasteiger partial charge in [0, 0.05) is 43.3 Å². The number of carbonyl (C=O) groups excluding carboxylic acids is 1. The summed E-state index contributed by atoms with van der Waals surface area (Å²) in [5.41, 5.74) is 2.49. The molecule has 152 valence electrons. The van der Waals surface area contributed by atoms with E-state index in [0.717, 1.165) is 23.5 Å².